The third-order valence-electron chi connectivity index (χ3n) is 2.37. The summed E-state index contributed by atoms with van der Waals surface area (Å²) in [5, 5.41) is 8.87. The maximum Gasteiger partial charge on any atom is 0.446 e. The van der Waals surface area contributed by atoms with Crippen molar-refractivity contribution in [3.8, 4) is 11.8 Å². The van der Waals surface area contributed by atoms with Gasteiger partial charge in [0.25, 0.3) is 0 Å². The highest BCUT2D eigenvalue weighted by Crippen LogP contribution is 2.40. The zero-order chi connectivity index (χ0) is 17.6. The number of ether oxygens (including phenoxy) is 2. The minimum absolute atomic E-state index is 0.0182. The minimum atomic E-state index is -4.68. The van der Waals surface area contributed by atoms with E-state index in [1.807, 2.05) is 0 Å². The number of rotatable bonds is 6. The Morgan fingerprint density at radius 2 is 2.04 bits per heavy atom. The lowest BCUT2D eigenvalue weighted by molar-refractivity contribution is -0.142. The van der Waals surface area contributed by atoms with Crippen LogP contribution in [0.5, 0.6) is 5.75 Å². The van der Waals surface area contributed by atoms with Crippen LogP contribution in [-0.2, 0) is 16.0 Å². The van der Waals surface area contributed by atoms with Gasteiger partial charge >= 0.3 is 18.1 Å². The van der Waals surface area contributed by atoms with Crippen LogP contribution < -0.4 is 4.74 Å². The molecule has 1 aromatic carbocycles. The number of nitriles is 1. The van der Waals surface area contributed by atoms with Crippen LogP contribution in [0.15, 0.2) is 17.0 Å². The number of esters is 1. The van der Waals surface area contributed by atoms with Gasteiger partial charge < -0.3 is 9.47 Å². The Balaban J connectivity index is 3.28. The third kappa shape index (κ3) is 6.32. The molecule has 0 atom stereocenters. The standard InChI is InChI=1S/C13H10F5NO3S/c1-2-21-11(20)5-7-4-10(23-13(16,17)18)8(6-19)3-9(7)22-12(14)15/h3-4,12H,2,5H2,1H3. The molecule has 0 radical (unpaired) electrons. The number of thioether (sulfide) groups is 1. The van der Waals surface area contributed by atoms with Gasteiger partial charge in [-0.2, -0.15) is 27.2 Å². The fraction of sp³-hybridized carbons (Fsp3) is 0.385. The van der Waals surface area contributed by atoms with Crippen LogP contribution in [0.1, 0.15) is 18.1 Å². The number of carbonyl (C=O) groups excluding carboxylic acids is 1. The predicted octanol–water partition coefficient (Wildman–Crippen LogP) is 3.88. The molecular weight excluding hydrogens is 345 g/mol. The zero-order valence-corrected chi connectivity index (χ0v) is 12.4. The molecule has 0 saturated carbocycles. The molecule has 0 spiro atoms. The predicted molar refractivity (Wildman–Crippen MR) is 70.0 cm³/mol. The fourth-order valence-electron chi connectivity index (χ4n) is 1.61. The Bertz CT molecular complexity index is 613. The molecule has 0 bridgehead atoms. The van der Waals surface area contributed by atoms with Gasteiger partial charge in [0.1, 0.15) is 11.8 Å². The molecule has 0 aliphatic heterocycles. The molecule has 10 heteroatoms. The lowest BCUT2D eigenvalue weighted by Gasteiger charge is -2.14. The Morgan fingerprint density at radius 1 is 1.39 bits per heavy atom. The van der Waals surface area contributed by atoms with Crippen molar-refractivity contribution < 1.29 is 36.2 Å². The average Bonchev–Trinajstić information content (AvgIpc) is 2.39. The molecule has 0 amide bonds. The van der Waals surface area contributed by atoms with Crippen LogP contribution in [0, 0.1) is 11.3 Å². The quantitative estimate of drug-likeness (QED) is 0.440. The smallest absolute Gasteiger partial charge is 0.446 e. The van der Waals surface area contributed by atoms with Crippen molar-refractivity contribution >= 4 is 17.7 Å². The highest BCUT2D eigenvalue weighted by molar-refractivity contribution is 8.00. The van der Waals surface area contributed by atoms with Crippen molar-refractivity contribution in [2.75, 3.05) is 6.61 Å². The number of carbonyl (C=O) groups is 1. The number of hydrogen-bond donors (Lipinski definition) is 0. The summed E-state index contributed by atoms with van der Waals surface area (Å²) in [5.74, 6) is -1.37. The zero-order valence-electron chi connectivity index (χ0n) is 11.6. The van der Waals surface area contributed by atoms with Gasteiger partial charge in [-0.3, -0.25) is 4.79 Å². The van der Waals surface area contributed by atoms with E-state index in [1.165, 1.54) is 13.0 Å². The van der Waals surface area contributed by atoms with Crippen LogP contribution in [0.4, 0.5) is 22.0 Å². The molecule has 0 aliphatic rings. The lowest BCUT2D eigenvalue weighted by atomic mass is 10.1. The summed E-state index contributed by atoms with van der Waals surface area (Å²) in [6.07, 6.45) is -0.562. The molecule has 0 fully saturated rings. The van der Waals surface area contributed by atoms with Crippen molar-refractivity contribution in [2.45, 2.75) is 30.4 Å². The minimum Gasteiger partial charge on any atom is -0.466 e. The first-order valence-electron chi connectivity index (χ1n) is 6.09. The summed E-state index contributed by atoms with van der Waals surface area (Å²) in [6.45, 7) is -1.73. The number of hydrogen-bond acceptors (Lipinski definition) is 5. The van der Waals surface area contributed by atoms with Crippen LogP contribution in [0.2, 0.25) is 0 Å². The number of alkyl halides is 5. The van der Waals surface area contributed by atoms with Crippen LogP contribution in [-0.4, -0.2) is 24.7 Å². The molecule has 23 heavy (non-hydrogen) atoms. The van der Waals surface area contributed by atoms with E-state index < -0.39 is 52.5 Å². The topological polar surface area (TPSA) is 59.3 Å². The monoisotopic (exact) mass is 355 g/mol. The molecule has 1 aromatic rings. The average molecular weight is 355 g/mol. The normalized spacial score (nSPS) is 11.2. The van der Waals surface area contributed by atoms with Crippen molar-refractivity contribution in [1.29, 1.82) is 5.26 Å². The number of nitrogens with zero attached hydrogens (tertiary/aromatic N) is 1. The van der Waals surface area contributed by atoms with Gasteiger partial charge in [-0.1, -0.05) is 0 Å². The number of halogens is 5. The van der Waals surface area contributed by atoms with Gasteiger partial charge in [0.2, 0.25) is 0 Å². The second-order valence-corrected chi connectivity index (χ2v) is 5.08. The summed E-state index contributed by atoms with van der Waals surface area (Å²) in [5.41, 5.74) is -5.40. The van der Waals surface area contributed by atoms with Crippen molar-refractivity contribution in [1.82, 2.24) is 0 Å². The Morgan fingerprint density at radius 3 is 2.52 bits per heavy atom. The van der Waals surface area contributed by atoms with Gasteiger partial charge in [0.15, 0.2) is 0 Å². The van der Waals surface area contributed by atoms with E-state index in [-0.39, 0.29) is 12.2 Å². The highest BCUT2D eigenvalue weighted by Gasteiger charge is 2.31. The van der Waals surface area contributed by atoms with Crippen LogP contribution in [0.25, 0.3) is 0 Å². The van der Waals surface area contributed by atoms with Gasteiger partial charge in [-0.25, -0.2) is 0 Å². The van der Waals surface area contributed by atoms with Gasteiger partial charge in [0.05, 0.1) is 18.6 Å². The van der Waals surface area contributed by atoms with Crippen molar-refractivity contribution in [3.05, 3.63) is 23.3 Å². The summed E-state index contributed by atoms with van der Waals surface area (Å²) in [6, 6.07) is 3.05. The van der Waals surface area contributed by atoms with E-state index in [9.17, 15) is 26.7 Å². The molecule has 4 nitrogen and oxygen atoms in total. The Hall–Kier alpha value is -2.02. The summed E-state index contributed by atoms with van der Waals surface area (Å²) < 4.78 is 71.1. The van der Waals surface area contributed by atoms with Crippen molar-refractivity contribution in [3.63, 3.8) is 0 Å². The van der Waals surface area contributed by atoms with E-state index in [0.29, 0.717) is 0 Å². The van der Waals surface area contributed by atoms with E-state index >= 15 is 0 Å². The molecule has 0 aromatic heterocycles. The second-order valence-electron chi connectivity index (χ2n) is 3.98. The maximum absolute atomic E-state index is 12.5. The van der Waals surface area contributed by atoms with Gasteiger partial charge in [-0.15, -0.1) is 0 Å². The first-order chi connectivity index (χ1) is 10.7. The fourth-order valence-corrected chi connectivity index (χ4v) is 2.27. The first-order valence-corrected chi connectivity index (χ1v) is 6.91. The van der Waals surface area contributed by atoms with E-state index in [4.69, 9.17) is 5.26 Å². The van der Waals surface area contributed by atoms with Crippen LogP contribution >= 0.6 is 11.8 Å². The van der Waals surface area contributed by atoms with Gasteiger partial charge in [0, 0.05) is 10.5 Å². The van der Waals surface area contributed by atoms with E-state index in [0.717, 1.165) is 12.1 Å². The summed E-state index contributed by atoms with van der Waals surface area (Å²) in [4.78, 5) is 10.9. The van der Waals surface area contributed by atoms with Gasteiger partial charge in [-0.05, 0) is 30.8 Å². The van der Waals surface area contributed by atoms with Crippen LogP contribution in [0.3, 0.4) is 0 Å². The Kier molecular flexibility index (Phi) is 6.62. The molecule has 0 unspecified atom stereocenters. The van der Waals surface area contributed by atoms with E-state index in [2.05, 4.69) is 9.47 Å². The van der Waals surface area contributed by atoms with Crippen molar-refractivity contribution in [2.24, 2.45) is 0 Å². The molecule has 0 N–H and O–H groups in total. The SMILES string of the molecule is CCOC(=O)Cc1cc(SC(F)(F)F)c(C#N)cc1OC(F)F. The molecule has 0 saturated heterocycles. The largest absolute Gasteiger partial charge is 0.466 e. The lowest BCUT2D eigenvalue weighted by Crippen LogP contribution is -2.12. The molecular formula is C13H10F5NO3S. The molecule has 126 valence electrons. The van der Waals surface area contributed by atoms with E-state index in [1.54, 1.807) is 0 Å². The molecule has 0 heterocycles. The Labute approximate surface area is 132 Å². The number of benzene rings is 1. The molecule has 0 aliphatic carbocycles. The molecule has 1 rings (SSSR count). The second kappa shape index (κ2) is 8.01. The summed E-state index contributed by atoms with van der Waals surface area (Å²) in [7, 11) is 0. The summed E-state index contributed by atoms with van der Waals surface area (Å²) >= 11 is -0.584. The maximum atomic E-state index is 12.5. The third-order valence-corrected chi connectivity index (χ3v) is 3.15. The first kappa shape index (κ1) is 19.0. The highest BCUT2D eigenvalue weighted by atomic mass is 32.2.